The molecule has 0 aromatic carbocycles. The van der Waals surface area contributed by atoms with Gasteiger partial charge in [-0.25, -0.2) is 0 Å². The predicted octanol–water partition coefficient (Wildman–Crippen LogP) is 3.06. The van der Waals surface area contributed by atoms with Gasteiger partial charge in [-0.15, -0.1) is 0 Å². The van der Waals surface area contributed by atoms with Gasteiger partial charge in [0, 0.05) is 39.0 Å². The lowest BCUT2D eigenvalue weighted by Gasteiger charge is -2.23. The van der Waals surface area contributed by atoms with Crippen molar-refractivity contribution in [3.05, 3.63) is 0 Å². The fraction of sp³-hybridized carbons (Fsp3) is 0.875. The van der Waals surface area contributed by atoms with E-state index in [1.807, 2.05) is 23.6 Å². The zero-order valence-electron chi connectivity index (χ0n) is 13.8. The quantitative estimate of drug-likeness (QED) is 0.585. The Hall–Kier alpha value is -1.06. The number of carbonyl (C=O) groups excluding carboxylic acids is 2. The Morgan fingerprint density at radius 2 is 1.05 bits per heavy atom. The molecular weight excluding hydrogens is 252 g/mol. The smallest absolute Gasteiger partial charge is 0.223 e. The molecular formula is C16H32N2O2. The molecule has 2 amide bonds. The molecule has 0 aliphatic rings. The third kappa shape index (κ3) is 7.51. The Morgan fingerprint density at radius 1 is 0.700 bits per heavy atom. The molecule has 0 spiro atoms. The van der Waals surface area contributed by atoms with Crippen molar-refractivity contribution < 1.29 is 9.59 Å². The zero-order chi connectivity index (χ0) is 15.4. The fourth-order valence-electron chi connectivity index (χ4n) is 2.15. The zero-order valence-corrected chi connectivity index (χ0v) is 13.8. The van der Waals surface area contributed by atoms with Gasteiger partial charge in [-0.3, -0.25) is 9.59 Å². The monoisotopic (exact) mass is 284 g/mol. The lowest BCUT2D eigenvalue weighted by Crippen LogP contribution is -2.35. The molecule has 0 aliphatic heterocycles. The number of unbranched alkanes of at least 4 members (excludes halogenated alkanes) is 2. The fourth-order valence-corrected chi connectivity index (χ4v) is 2.15. The van der Waals surface area contributed by atoms with Gasteiger partial charge in [-0.2, -0.15) is 0 Å². The minimum atomic E-state index is 0.112. The molecule has 0 unspecified atom stereocenters. The van der Waals surface area contributed by atoms with Gasteiger partial charge in [0.1, 0.15) is 0 Å². The van der Waals surface area contributed by atoms with Gasteiger partial charge in [0.05, 0.1) is 0 Å². The highest BCUT2D eigenvalue weighted by Crippen LogP contribution is 2.05. The average molecular weight is 284 g/mol. The standard InChI is InChI=1S/C16H32N2O2/c1-5-9-13-17(7-3)15(19)11-12-16(20)18(8-4)14-10-6-2/h5-14H2,1-4H3. The van der Waals surface area contributed by atoms with Crippen molar-refractivity contribution in [2.45, 2.75) is 66.2 Å². The third-order valence-corrected chi connectivity index (χ3v) is 3.58. The second-order valence-corrected chi connectivity index (χ2v) is 5.15. The Kier molecular flexibility index (Phi) is 11.1. The van der Waals surface area contributed by atoms with Crippen molar-refractivity contribution in [2.75, 3.05) is 26.2 Å². The first kappa shape index (κ1) is 18.9. The molecule has 4 heteroatoms. The molecule has 4 nitrogen and oxygen atoms in total. The van der Waals surface area contributed by atoms with Crippen LogP contribution in [0.2, 0.25) is 0 Å². The molecule has 0 radical (unpaired) electrons. The normalized spacial score (nSPS) is 10.4. The van der Waals surface area contributed by atoms with E-state index in [0.717, 1.165) is 51.9 Å². The molecule has 20 heavy (non-hydrogen) atoms. The van der Waals surface area contributed by atoms with Crippen LogP contribution in [-0.2, 0) is 9.59 Å². The van der Waals surface area contributed by atoms with Crippen LogP contribution >= 0.6 is 0 Å². The summed E-state index contributed by atoms with van der Waals surface area (Å²) in [5, 5.41) is 0. The minimum absolute atomic E-state index is 0.112. The maximum absolute atomic E-state index is 12.1. The SMILES string of the molecule is CCCCN(CC)C(=O)CCC(=O)N(CC)CCCC. The highest BCUT2D eigenvalue weighted by molar-refractivity contribution is 5.83. The first-order valence-corrected chi connectivity index (χ1v) is 8.16. The topological polar surface area (TPSA) is 40.6 Å². The van der Waals surface area contributed by atoms with Crippen molar-refractivity contribution >= 4 is 11.8 Å². The molecule has 0 aliphatic carbocycles. The van der Waals surface area contributed by atoms with E-state index in [1.54, 1.807) is 0 Å². The Morgan fingerprint density at radius 3 is 1.30 bits per heavy atom. The molecule has 0 rings (SSSR count). The third-order valence-electron chi connectivity index (χ3n) is 3.58. The van der Waals surface area contributed by atoms with E-state index in [1.165, 1.54) is 0 Å². The van der Waals surface area contributed by atoms with Crippen molar-refractivity contribution in [3.8, 4) is 0 Å². The first-order valence-electron chi connectivity index (χ1n) is 8.16. The van der Waals surface area contributed by atoms with Crippen LogP contribution in [0.1, 0.15) is 66.2 Å². The molecule has 0 atom stereocenters. The molecule has 0 N–H and O–H groups in total. The van der Waals surface area contributed by atoms with E-state index in [-0.39, 0.29) is 11.8 Å². The van der Waals surface area contributed by atoms with Crippen LogP contribution in [0.3, 0.4) is 0 Å². The molecule has 0 saturated carbocycles. The summed E-state index contributed by atoms with van der Waals surface area (Å²) in [6, 6.07) is 0. The molecule has 0 saturated heterocycles. The average Bonchev–Trinajstić information content (AvgIpc) is 2.46. The molecule has 118 valence electrons. The second kappa shape index (κ2) is 11.7. The van der Waals surface area contributed by atoms with Gasteiger partial charge in [0.25, 0.3) is 0 Å². The number of hydrogen-bond donors (Lipinski definition) is 0. The Balaban J connectivity index is 4.16. The van der Waals surface area contributed by atoms with Crippen molar-refractivity contribution in [3.63, 3.8) is 0 Å². The minimum Gasteiger partial charge on any atom is -0.343 e. The van der Waals surface area contributed by atoms with E-state index in [0.29, 0.717) is 12.8 Å². The van der Waals surface area contributed by atoms with E-state index in [4.69, 9.17) is 0 Å². The van der Waals surface area contributed by atoms with Crippen LogP contribution < -0.4 is 0 Å². The summed E-state index contributed by atoms with van der Waals surface area (Å²) in [5.41, 5.74) is 0. The van der Waals surface area contributed by atoms with Crippen molar-refractivity contribution in [2.24, 2.45) is 0 Å². The summed E-state index contributed by atoms with van der Waals surface area (Å²) in [7, 11) is 0. The molecule has 0 aromatic rings. The number of hydrogen-bond acceptors (Lipinski definition) is 2. The lowest BCUT2D eigenvalue weighted by molar-refractivity contribution is -0.137. The maximum atomic E-state index is 12.1. The van der Waals surface area contributed by atoms with Gasteiger partial charge in [-0.1, -0.05) is 26.7 Å². The van der Waals surface area contributed by atoms with Crippen LogP contribution in [0, 0.1) is 0 Å². The van der Waals surface area contributed by atoms with Gasteiger partial charge < -0.3 is 9.80 Å². The summed E-state index contributed by atoms with van der Waals surface area (Å²) in [6.45, 7) is 11.3. The van der Waals surface area contributed by atoms with Crippen molar-refractivity contribution in [1.29, 1.82) is 0 Å². The van der Waals surface area contributed by atoms with Gasteiger partial charge in [0.2, 0.25) is 11.8 Å². The predicted molar refractivity (Wildman–Crippen MR) is 83.6 cm³/mol. The van der Waals surface area contributed by atoms with E-state index in [2.05, 4.69) is 13.8 Å². The highest BCUT2D eigenvalue weighted by atomic mass is 16.2. The number of rotatable bonds is 11. The van der Waals surface area contributed by atoms with Crippen molar-refractivity contribution in [1.82, 2.24) is 9.80 Å². The van der Waals surface area contributed by atoms with E-state index < -0.39 is 0 Å². The van der Waals surface area contributed by atoms with Gasteiger partial charge in [0.15, 0.2) is 0 Å². The number of nitrogens with zero attached hydrogens (tertiary/aromatic N) is 2. The van der Waals surface area contributed by atoms with Crippen LogP contribution in [-0.4, -0.2) is 47.8 Å². The summed E-state index contributed by atoms with van der Waals surface area (Å²) in [4.78, 5) is 27.8. The molecule has 0 heterocycles. The summed E-state index contributed by atoms with van der Waals surface area (Å²) < 4.78 is 0. The maximum Gasteiger partial charge on any atom is 0.223 e. The summed E-state index contributed by atoms with van der Waals surface area (Å²) in [6.07, 6.45) is 4.93. The molecule has 0 fully saturated rings. The lowest BCUT2D eigenvalue weighted by atomic mass is 10.2. The highest BCUT2D eigenvalue weighted by Gasteiger charge is 2.16. The van der Waals surface area contributed by atoms with Crippen LogP contribution in [0.15, 0.2) is 0 Å². The van der Waals surface area contributed by atoms with Gasteiger partial charge in [-0.05, 0) is 26.7 Å². The largest absolute Gasteiger partial charge is 0.343 e. The number of carbonyl (C=O) groups is 2. The number of amides is 2. The molecule has 0 bridgehead atoms. The Labute approximate surface area is 124 Å². The van der Waals surface area contributed by atoms with Crippen LogP contribution in [0.25, 0.3) is 0 Å². The second-order valence-electron chi connectivity index (χ2n) is 5.15. The Bertz CT molecular complexity index is 252. The first-order chi connectivity index (χ1) is 9.60. The molecule has 0 aromatic heterocycles. The van der Waals surface area contributed by atoms with E-state index >= 15 is 0 Å². The van der Waals surface area contributed by atoms with Crippen LogP contribution in [0.5, 0.6) is 0 Å². The summed E-state index contributed by atoms with van der Waals surface area (Å²) in [5.74, 6) is 0.224. The van der Waals surface area contributed by atoms with Gasteiger partial charge >= 0.3 is 0 Å². The summed E-state index contributed by atoms with van der Waals surface area (Å²) >= 11 is 0. The van der Waals surface area contributed by atoms with E-state index in [9.17, 15) is 9.59 Å². The van der Waals surface area contributed by atoms with Crippen LogP contribution in [0.4, 0.5) is 0 Å².